The number of hydrogen-bond acceptors (Lipinski definition) is 3. The van der Waals surface area contributed by atoms with E-state index in [2.05, 4.69) is 5.32 Å². The van der Waals surface area contributed by atoms with Gasteiger partial charge in [-0.1, -0.05) is 6.07 Å². The fraction of sp³-hybridized carbons (Fsp3) is 0.500. The lowest BCUT2D eigenvalue weighted by Crippen LogP contribution is -2.32. The zero-order chi connectivity index (χ0) is 12.1. The van der Waals surface area contributed by atoms with Crippen LogP contribution in [0.15, 0.2) is 17.5 Å². The lowest BCUT2D eigenvalue weighted by Gasteiger charge is -2.14. The molecule has 0 atom stereocenters. The van der Waals surface area contributed by atoms with Crippen LogP contribution in [0.2, 0.25) is 0 Å². The highest BCUT2D eigenvalue weighted by Gasteiger charge is 2.17. The van der Waals surface area contributed by atoms with E-state index < -0.39 is 0 Å². The number of nitrogens with one attached hydrogen (secondary N) is 1. The first kappa shape index (κ1) is 12.1. The van der Waals surface area contributed by atoms with Crippen LogP contribution in [0.5, 0.6) is 0 Å². The van der Waals surface area contributed by atoms with E-state index in [9.17, 15) is 9.59 Å². The molecule has 4 nitrogen and oxygen atoms in total. The van der Waals surface area contributed by atoms with Crippen molar-refractivity contribution in [1.29, 1.82) is 0 Å². The summed E-state index contributed by atoms with van der Waals surface area (Å²) in [4.78, 5) is 25.8. The number of carbonyl (C=O) groups is 2. The van der Waals surface area contributed by atoms with Crippen molar-refractivity contribution in [2.24, 2.45) is 0 Å². The quantitative estimate of drug-likeness (QED) is 0.882. The maximum Gasteiger partial charge on any atom is 0.261 e. The Hall–Kier alpha value is -1.36. The molecule has 0 saturated carbocycles. The summed E-state index contributed by atoms with van der Waals surface area (Å²) in [6.45, 7) is 2.17. The van der Waals surface area contributed by atoms with Gasteiger partial charge in [0.15, 0.2) is 0 Å². The Bertz CT molecular complexity index is 383. The topological polar surface area (TPSA) is 49.4 Å². The highest BCUT2D eigenvalue weighted by molar-refractivity contribution is 7.12. The van der Waals surface area contributed by atoms with Crippen LogP contribution in [-0.2, 0) is 4.79 Å². The molecule has 1 N–H and O–H groups in total. The van der Waals surface area contributed by atoms with Crippen molar-refractivity contribution in [1.82, 2.24) is 10.2 Å². The lowest BCUT2D eigenvalue weighted by molar-refractivity contribution is -0.129. The molecule has 2 rings (SSSR count). The van der Waals surface area contributed by atoms with Crippen molar-refractivity contribution in [3.63, 3.8) is 0 Å². The molecule has 0 bridgehead atoms. The summed E-state index contributed by atoms with van der Waals surface area (Å²) in [6.07, 6.45) is 2.61. The molecule has 1 saturated heterocycles. The van der Waals surface area contributed by atoms with Crippen molar-refractivity contribution in [2.45, 2.75) is 19.3 Å². The third-order valence-corrected chi connectivity index (χ3v) is 3.70. The van der Waals surface area contributed by atoms with Crippen LogP contribution in [0.1, 0.15) is 28.9 Å². The predicted molar refractivity (Wildman–Crippen MR) is 67.1 cm³/mol. The maximum absolute atomic E-state index is 11.7. The smallest absolute Gasteiger partial charge is 0.261 e. The van der Waals surface area contributed by atoms with E-state index >= 15 is 0 Å². The average Bonchev–Trinajstić information content (AvgIpc) is 3.02. The molecule has 0 radical (unpaired) electrons. The van der Waals surface area contributed by atoms with E-state index in [4.69, 9.17) is 0 Å². The first-order chi connectivity index (χ1) is 8.27. The van der Waals surface area contributed by atoms with Crippen LogP contribution in [0.3, 0.4) is 0 Å². The minimum atomic E-state index is -0.0887. The van der Waals surface area contributed by atoms with Gasteiger partial charge in [0.2, 0.25) is 5.91 Å². The molecule has 17 heavy (non-hydrogen) atoms. The van der Waals surface area contributed by atoms with E-state index in [-0.39, 0.29) is 11.8 Å². The summed E-state index contributed by atoms with van der Waals surface area (Å²) in [5, 5.41) is 4.63. The number of rotatable bonds is 4. The van der Waals surface area contributed by atoms with Gasteiger partial charge in [-0.3, -0.25) is 9.59 Å². The molecule has 92 valence electrons. The zero-order valence-corrected chi connectivity index (χ0v) is 10.5. The van der Waals surface area contributed by atoms with Gasteiger partial charge in [-0.15, -0.1) is 11.3 Å². The van der Waals surface area contributed by atoms with E-state index in [1.165, 1.54) is 11.3 Å². The van der Waals surface area contributed by atoms with Gasteiger partial charge in [0.25, 0.3) is 5.91 Å². The number of thiophene rings is 1. The van der Waals surface area contributed by atoms with Gasteiger partial charge < -0.3 is 10.2 Å². The molecule has 0 unspecified atom stereocenters. The number of nitrogens with zero attached hydrogens (tertiary/aromatic N) is 1. The van der Waals surface area contributed by atoms with E-state index in [0.717, 1.165) is 25.9 Å². The first-order valence-electron chi connectivity index (χ1n) is 5.87. The maximum atomic E-state index is 11.7. The summed E-state index contributed by atoms with van der Waals surface area (Å²) in [6, 6.07) is 3.62. The molecule has 1 aliphatic rings. The normalized spacial score (nSPS) is 14.9. The minimum absolute atomic E-state index is 0.0887. The molecule has 2 heterocycles. The summed E-state index contributed by atoms with van der Waals surface area (Å²) in [5.41, 5.74) is 0. The minimum Gasteiger partial charge on any atom is -0.351 e. The van der Waals surface area contributed by atoms with Crippen LogP contribution >= 0.6 is 11.3 Å². The van der Waals surface area contributed by atoms with Crippen LogP contribution in [-0.4, -0.2) is 36.3 Å². The third kappa shape index (κ3) is 3.30. The number of carbonyl (C=O) groups excluding carboxylic acids is 2. The number of hydrogen-bond donors (Lipinski definition) is 1. The monoisotopic (exact) mass is 252 g/mol. The van der Waals surface area contributed by atoms with Gasteiger partial charge in [-0.2, -0.15) is 0 Å². The molecule has 0 aromatic carbocycles. The van der Waals surface area contributed by atoms with E-state index in [0.29, 0.717) is 17.8 Å². The molecule has 5 heteroatoms. The molecular formula is C12H16N2O2S. The Kier molecular flexibility index (Phi) is 4.14. The van der Waals surface area contributed by atoms with Gasteiger partial charge in [0.1, 0.15) is 0 Å². The van der Waals surface area contributed by atoms with Crippen LogP contribution < -0.4 is 5.32 Å². The van der Waals surface area contributed by atoms with E-state index in [1.54, 1.807) is 6.07 Å². The number of amides is 2. The first-order valence-corrected chi connectivity index (χ1v) is 6.75. The van der Waals surface area contributed by atoms with Gasteiger partial charge in [0, 0.05) is 26.1 Å². The molecule has 1 aromatic rings. The van der Waals surface area contributed by atoms with Crippen LogP contribution in [0.4, 0.5) is 0 Å². The highest BCUT2D eigenvalue weighted by Crippen LogP contribution is 2.09. The third-order valence-electron chi connectivity index (χ3n) is 2.83. The fourth-order valence-corrected chi connectivity index (χ4v) is 2.54. The van der Waals surface area contributed by atoms with E-state index in [1.807, 2.05) is 16.3 Å². The Morgan fingerprint density at radius 3 is 2.76 bits per heavy atom. The van der Waals surface area contributed by atoms with Gasteiger partial charge in [-0.05, 0) is 24.3 Å². The van der Waals surface area contributed by atoms with Crippen LogP contribution in [0, 0.1) is 0 Å². The molecule has 0 aliphatic carbocycles. The molecule has 1 aliphatic heterocycles. The second kappa shape index (κ2) is 5.82. The summed E-state index contributed by atoms with van der Waals surface area (Å²) < 4.78 is 0. The molecular weight excluding hydrogens is 236 g/mol. The average molecular weight is 252 g/mol. The van der Waals surface area contributed by atoms with Crippen molar-refractivity contribution < 1.29 is 9.59 Å². The fourth-order valence-electron chi connectivity index (χ4n) is 1.90. The second-order valence-corrected chi connectivity index (χ2v) is 5.02. The summed E-state index contributed by atoms with van der Waals surface area (Å²) in [5.74, 6) is 0.0585. The molecule has 1 fully saturated rings. The van der Waals surface area contributed by atoms with Crippen molar-refractivity contribution in [3.8, 4) is 0 Å². The Balaban J connectivity index is 1.69. The SMILES string of the molecule is O=C(NCCC(=O)N1CCCC1)c1cccs1. The molecule has 1 aromatic heterocycles. The summed E-state index contributed by atoms with van der Waals surface area (Å²) >= 11 is 1.41. The molecule has 2 amide bonds. The Morgan fingerprint density at radius 1 is 1.35 bits per heavy atom. The van der Waals surface area contributed by atoms with Gasteiger partial charge in [-0.25, -0.2) is 0 Å². The number of likely N-dealkylation sites (tertiary alicyclic amines) is 1. The zero-order valence-electron chi connectivity index (χ0n) is 9.65. The Morgan fingerprint density at radius 2 is 2.12 bits per heavy atom. The highest BCUT2D eigenvalue weighted by atomic mass is 32.1. The second-order valence-electron chi connectivity index (χ2n) is 4.07. The standard InChI is InChI=1S/C12H16N2O2S/c15-11(14-7-1-2-8-14)5-6-13-12(16)10-4-3-9-17-10/h3-4,9H,1-2,5-8H2,(H,13,16). The lowest BCUT2D eigenvalue weighted by atomic mass is 10.3. The van der Waals surface area contributed by atoms with Crippen molar-refractivity contribution in [3.05, 3.63) is 22.4 Å². The van der Waals surface area contributed by atoms with Gasteiger partial charge >= 0.3 is 0 Å². The Labute approximate surface area is 105 Å². The van der Waals surface area contributed by atoms with Crippen molar-refractivity contribution in [2.75, 3.05) is 19.6 Å². The van der Waals surface area contributed by atoms with Crippen molar-refractivity contribution >= 4 is 23.2 Å². The van der Waals surface area contributed by atoms with Crippen LogP contribution in [0.25, 0.3) is 0 Å². The predicted octanol–water partition coefficient (Wildman–Crippen LogP) is 1.49. The molecule has 0 spiro atoms. The largest absolute Gasteiger partial charge is 0.351 e. The summed E-state index contributed by atoms with van der Waals surface area (Å²) in [7, 11) is 0. The van der Waals surface area contributed by atoms with Gasteiger partial charge in [0.05, 0.1) is 4.88 Å².